The first-order valence-corrected chi connectivity index (χ1v) is 10.4. The van der Waals surface area contributed by atoms with Gasteiger partial charge in [0, 0.05) is 39.7 Å². The summed E-state index contributed by atoms with van der Waals surface area (Å²) in [5.41, 5.74) is 0.00209. The van der Waals surface area contributed by atoms with Crippen LogP contribution >= 0.6 is 24.0 Å². The fraction of sp³-hybridized carbons (Fsp3) is 0.875. The van der Waals surface area contributed by atoms with Gasteiger partial charge < -0.3 is 20.7 Å². The number of hydrogen-bond donors (Lipinski definition) is 3. The highest BCUT2D eigenvalue weighted by Crippen LogP contribution is 2.20. The molecule has 0 radical (unpaired) electrons. The van der Waals surface area contributed by atoms with Crippen molar-refractivity contribution in [3.63, 3.8) is 0 Å². The molecule has 0 bridgehead atoms. The van der Waals surface area contributed by atoms with Crippen molar-refractivity contribution in [3.8, 4) is 0 Å². The number of hydrogen-bond acceptors (Lipinski definition) is 5. The number of methoxy groups -OCH3 is 1. The summed E-state index contributed by atoms with van der Waals surface area (Å²) in [6.07, 6.45) is 0.777. The number of halogens is 1. The van der Waals surface area contributed by atoms with Gasteiger partial charge in [-0.15, -0.1) is 24.0 Å². The quantitative estimate of drug-likeness (QED) is 0.265. The van der Waals surface area contributed by atoms with Crippen LogP contribution in [0.25, 0.3) is 0 Å². The highest BCUT2D eigenvalue weighted by molar-refractivity contribution is 14.0. The summed E-state index contributed by atoms with van der Waals surface area (Å²) in [6, 6.07) is -0.260. The molecule has 1 aliphatic heterocycles. The minimum absolute atomic E-state index is 0. The van der Waals surface area contributed by atoms with Gasteiger partial charge in [-0.3, -0.25) is 9.79 Å². The van der Waals surface area contributed by atoms with Crippen molar-refractivity contribution in [1.82, 2.24) is 16.0 Å². The second kappa shape index (κ2) is 11.3. The van der Waals surface area contributed by atoms with Gasteiger partial charge in [0.15, 0.2) is 15.8 Å². The second-order valence-corrected chi connectivity index (χ2v) is 9.62. The van der Waals surface area contributed by atoms with Crippen LogP contribution in [0, 0.1) is 5.41 Å². The van der Waals surface area contributed by atoms with Gasteiger partial charge in [-0.05, 0) is 11.8 Å². The van der Waals surface area contributed by atoms with Crippen LogP contribution in [0.3, 0.4) is 0 Å². The molecule has 8 nitrogen and oxygen atoms in total. The van der Waals surface area contributed by atoms with Gasteiger partial charge in [-0.1, -0.05) is 20.8 Å². The van der Waals surface area contributed by atoms with Gasteiger partial charge in [0.2, 0.25) is 5.91 Å². The van der Waals surface area contributed by atoms with E-state index in [0.29, 0.717) is 25.5 Å². The summed E-state index contributed by atoms with van der Waals surface area (Å²) in [6.45, 7) is 7.33. The van der Waals surface area contributed by atoms with E-state index >= 15 is 0 Å². The number of ether oxygens (including phenoxy) is 1. The molecule has 0 aromatic carbocycles. The van der Waals surface area contributed by atoms with E-state index in [2.05, 4.69) is 41.7 Å². The molecule has 154 valence electrons. The van der Waals surface area contributed by atoms with Crippen molar-refractivity contribution >= 4 is 45.7 Å². The van der Waals surface area contributed by atoms with Crippen LogP contribution in [0.5, 0.6) is 0 Å². The maximum Gasteiger partial charge on any atom is 0.222 e. The molecule has 1 heterocycles. The summed E-state index contributed by atoms with van der Waals surface area (Å²) in [5, 5.41) is 9.03. The maximum atomic E-state index is 11.9. The standard InChI is InChI=1S/C16H32N4O4S.HI/c1-16(2,3)13(24-5)10-19-15(17-4)18-8-6-14(21)20-12-7-9-25(22,23)11-12;/h12-13H,6-11H2,1-5H3,(H,20,21)(H2,17,18,19);1H. The summed E-state index contributed by atoms with van der Waals surface area (Å²) in [5.74, 6) is 0.638. The molecular formula is C16H33IN4O4S. The average Bonchev–Trinajstić information content (AvgIpc) is 2.83. The minimum Gasteiger partial charge on any atom is -0.379 e. The van der Waals surface area contributed by atoms with Gasteiger partial charge in [0.1, 0.15) is 0 Å². The highest BCUT2D eigenvalue weighted by atomic mass is 127. The predicted molar refractivity (Wildman–Crippen MR) is 115 cm³/mol. The number of rotatable bonds is 7. The topological polar surface area (TPSA) is 109 Å². The number of aliphatic imine (C=N–C) groups is 1. The zero-order chi connectivity index (χ0) is 19.1. The lowest BCUT2D eigenvalue weighted by Crippen LogP contribution is -2.46. The fourth-order valence-corrected chi connectivity index (χ4v) is 4.33. The normalized spacial score (nSPS) is 20.8. The lowest BCUT2D eigenvalue weighted by molar-refractivity contribution is -0.121. The van der Waals surface area contributed by atoms with Gasteiger partial charge in [-0.25, -0.2) is 8.42 Å². The molecule has 1 amide bonds. The average molecular weight is 504 g/mol. The first kappa shape index (κ1) is 25.4. The summed E-state index contributed by atoms with van der Waals surface area (Å²) in [7, 11) is 0.366. The minimum atomic E-state index is -2.98. The third-order valence-electron chi connectivity index (χ3n) is 4.17. The molecule has 0 aromatic rings. The second-order valence-electron chi connectivity index (χ2n) is 7.39. The van der Waals surface area contributed by atoms with E-state index in [-0.39, 0.29) is 65.4 Å². The van der Waals surface area contributed by atoms with E-state index in [9.17, 15) is 13.2 Å². The fourth-order valence-electron chi connectivity index (χ4n) is 2.66. The number of nitrogens with zero attached hydrogens (tertiary/aromatic N) is 1. The third-order valence-corrected chi connectivity index (χ3v) is 5.94. The number of guanidine groups is 1. The molecular weight excluding hydrogens is 471 g/mol. The van der Waals surface area contributed by atoms with Crippen LogP contribution < -0.4 is 16.0 Å². The smallest absolute Gasteiger partial charge is 0.222 e. The number of amides is 1. The Kier molecular flexibility index (Phi) is 11.0. The van der Waals surface area contributed by atoms with Crippen LogP contribution in [0.1, 0.15) is 33.6 Å². The van der Waals surface area contributed by atoms with Gasteiger partial charge in [0.25, 0.3) is 0 Å². The molecule has 10 heteroatoms. The Hall–Kier alpha value is -0.620. The van der Waals surface area contributed by atoms with E-state index < -0.39 is 9.84 Å². The largest absolute Gasteiger partial charge is 0.379 e. The van der Waals surface area contributed by atoms with Crippen molar-refractivity contribution in [2.75, 3.05) is 38.8 Å². The van der Waals surface area contributed by atoms with Crippen LogP contribution in [-0.4, -0.2) is 71.2 Å². The number of carbonyl (C=O) groups is 1. The van der Waals surface area contributed by atoms with Gasteiger partial charge >= 0.3 is 0 Å². The SMILES string of the molecule is CN=C(NCCC(=O)NC1CCS(=O)(=O)C1)NCC(OC)C(C)(C)C.I. The molecule has 2 atom stereocenters. The van der Waals surface area contributed by atoms with E-state index in [1.807, 2.05) is 0 Å². The molecule has 1 rings (SSSR count). The molecule has 0 aliphatic carbocycles. The van der Waals surface area contributed by atoms with E-state index in [4.69, 9.17) is 4.74 Å². The van der Waals surface area contributed by atoms with E-state index in [1.165, 1.54) is 0 Å². The molecule has 2 unspecified atom stereocenters. The molecule has 0 aromatic heterocycles. The number of nitrogens with one attached hydrogen (secondary N) is 3. The Morgan fingerprint density at radius 1 is 1.31 bits per heavy atom. The van der Waals surface area contributed by atoms with Crippen LogP contribution in [0.4, 0.5) is 0 Å². The van der Waals surface area contributed by atoms with Crippen molar-refractivity contribution in [1.29, 1.82) is 0 Å². The molecule has 1 fully saturated rings. The Morgan fingerprint density at radius 2 is 1.96 bits per heavy atom. The lowest BCUT2D eigenvalue weighted by atomic mass is 9.89. The number of sulfone groups is 1. The first-order valence-electron chi connectivity index (χ1n) is 8.54. The summed E-state index contributed by atoms with van der Waals surface area (Å²) in [4.78, 5) is 16.0. The molecule has 1 saturated heterocycles. The highest BCUT2D eigenvalue weighted by Gasteiger charge is 2.28. The van der Waals surface area contributed by atoms with Gasteiger partial charge in [0.05, 0.1) is 17.6 Å². The van der Waals surface area contributed by atoms with Crippen molar-refractivity contribution in [2.45, 2.75) is 45.8 Å². The summed E-state index contributed by atoms with van der Waals surface area (Å²) >= 11 is 0. The summed E-state index contributed by atoms with van der Waals surface area (Å²) < 4.78 is 28.3. The van der Waals surface area contributed by atoms with Gasteiger partial charge in [-0.2, -0.15) is 0 Å². The predicted octanol–water partition coefficient (Wildman–Crippen LogP) is 0.524. The molecule has 1 aliphatic rings. The van der Waals surface area contributed by atoms with E-state index in [0.717, 1.165) is 0 Å². The zero-order valence-electron chi connectivity index (χ0n) is 16.3. The Bertz CT molecular complexity index is 575. The number of carbonyl (C=O) groups excluding carboxylic acids is 1. The van der Waals surface area contributed by atoms with E-state index in [1.54, 1.807) is 14.2 Å². The molecule has 0 saturated carbocycles. The van der Waals surface area contributed by atoms with Crippen molar-refractivity contribution in [3.05, 3.63) is 0 Å². The van der Waals surface area contributed by atoms with Crippen molar-refractivity contribution in [2.24, 2.45) is 10.4 Å². The first-order chi connectivity index (χ1) is 11.6. The van der Waals surface area contributed by atoms with Crippen LogP contribution in [0.15, 0.2) is 4.99 Å². The zero-order valence-corrected chi connectivity index (χ0v) is 19.4. The van der Waals surface area contributed by atoms with Crippen LogP contribution in [-0.2, 0) is 19.4 Å². The van der Waals surface area contributed by atoms with Crippen molar-refractivity contribution < 1.29 is 17.9 Å². The maximum absolute atomic E-state index is 11.9. The Morgan fingerprint density at radius 3 is 2.42 bits per heavy atom. The molecule has 26 heavy (non-hydrogen) atoms. The monoisotopic (exact) mass is 504 g/mol. The Labute approximate surface area is 174 Å². The molecule has 3 N–H and O–H groups in total. The Balaban J connectivity index is 0.00000625. The lowest BCUT2D eigenvalue weighted by Gasteiger charge is -2.30. The third kappa shape index (κ3) is 9.36. The molecule has 0 spiro atoms. The van der Waals surface area contributed by atoms with Crippen LogP contribution in [0.2, 0.25) is 0 Å².